The average molecular weight is 421 g/mol. The maximum Gasteiger partial charge on any atom is 0.271 e. The van der Waals surface area contributed by atoms with Crippen LogP contribution in [0.5, 0.6) is 0 Å². The smallest absolute Gasteiger partial charge is 0.271 e. The molecule has 0 bridgehead atoms. The molecule has 152 valence electrons. The number of pyridine rings is 1. The predicted molar refractivity (Wildman–Crippen MR) is 119 cm³/mol. The van der Waals surface area contributed by atoms with Crippen molar-refractivity contribution < 1.29 is 4.39 Å². The van der Waals surface area contributed by atoms with E-state index in [-0.39, 0.29) is 22.4 Å². The average Bonchev–Trinajstić information content (AvgIpc) is 3.28. The van der Waals surface area contributed by atoms with Crippen molar-refractivity contribution in [1.29, 1.82) is 0 Å². The summed E-state index contributed by atoms with van der Waals surface area (Å²) in [6.45, 7) is 2.05. The lowest BCUT2D eigenvalue weighted by Gasteiger charge is -2.19. The van der Waals surface area contributed by atoms with E-state index in [1.54, 1.807) is 6.07 Å². The van der Waals surface area contributed by atoms with Crippen molar-refractivity contribution in [2.75, 3.05) is 18.0 Å². The summed E-state index contributed by atoms with van der Waals surface area (Å²) in [5.74, 6) is -0.438. The van der Waals surface area contributed by atoms with E-state index in [1.165, 1.54) is 30.4 Å². The Morgan fingerprint density at radius 3 is 2.63 bits per heavy atom. The molecule has 0 unspecified atom stereocenters. The molecule has 2 aromatic heterocycles. The minimum absolute atomic E-state index is 0.141. The first kappa shape index (κ1) is 17.9. The number of anilines is 1. The highest BCUT2D eigenvalue weighted by molar-refractivity contribution is 7.12. The Morgan fingerprint density at radius 2 is 1.87 bits per heavy atom. The number of hydrogen-bond acceptors (Lipinski definition) is 4. The molecule has 2 aromatic carbocycles. The van der Waals surface area contributed by atoms with Crippen LogP contribution in [0.15, 0.2) is 46.0 Å². The molecular formula is C23H20FN3O2S. The molecule has 1 N–H and O–H groups in total. The molecule has 1 aliphatic heterocycles. The van der Waals surface area contributed by atoms with Crippen LogP contribution in [0.2, 0.25) is 0 Å². The zero-order chi connectivity index (χ0) is 20.4. The normalized spacial score (nSPS) is 16.8. The van der Waals surface area contributed by atoms with Crippen molar-refractivity contribution in [2.24, 2.45) is 0 Å². The van der Waals surface area contributed by atoms with Crippen molar-refractivity contribution in [1.82, 2.24) is 8.94 Å². The fraction of sp³-hybridized carbons (Fsp3) is 0.304. The third-order valence-corrected chi connectivity index (χ3v) is 7.14. The molecule has 2 aliphatic rings. The van der Waals surface area contributed by atoms with E-state index in [1.807, 2.05) is 18.2 Å². The summed E-state index contributed by atoms with van der Waals surface area (Å²) < 4.78 is 20.0. The Morgan fingerprint density at radius 1 is 1.07 bits per heavy atom. The summed E-state index contributed by atoms with van der Waals surface area (Å²) in [6.07, 6.45) is 4.35. The highest BCUT2D eigenvalue weighted by atomic mass is 32.1. The van der Waals surface area contributed by atoms with Gasteiger partial charge in [0, 0.05) is 35.8 Å². The maximum absolute atomic E-state index is 15.2. The highest BCUT2D eigenvalue weighted by Gasteiger charge is 2.29. The van der Waals surface area contributed by atoms with Crippen LogP contribution in [0, 0.1) is 5.82 Å². The highest BCUT2D eigenvalue weighted by Crippen LogP contribution is 2.41. The second-order valence-corrected chi connectivity index (χ2v) is 9.03. The lowest BCUT2D eigenvalue weighted by molar-refractivity contribution is 0.632. The first-order chi connectivity index (χ1) is 14.6. The molecule has 4 aromatic rings. The molecule has 3 heterocycles. The quantitative estimate of drug-likeness (QED) is 0.524. The molecule has 0 amide bonds. The molecule has 7 heteroatoms. The second-order valence-electron chi connectivity index (χ2n) is 8.24. The summed E-state index contributed by atoms with van der Waals surface area (Å²) >= 11 is 1.19. The summed E-state index contributed by atoms with van der Waals surface area (Å²) in [7, 11) is 0. The first-order valence-electron chi connectivity index (χ1n) is 10.4. The van der Waals surface area contributed by atoms with Gasteiger partial charge in [-0.15, -0.1) is 0 Å². The van der Waals surface area contributed by atoms with Gasteiger partial charge in [-0.05, 0) is 67.0 Å². The van der Waals surface area contributed by atoms with E-state index in [2.05, 4.69) is 19.9 Å². The number of nitrogens with zero attached hydrogens (tertiary/aromatic N) is 2. The number of hydrogen-bond donors (Lipinski definition) is 1. The van der Waals surface area contributed by atoms with Gasteiger partial charge in [-0.2, -0.15) is 0 Å². The first-order valence-corrected chi connectivity index (χ1v) is 11.2. The van der Waals surface area contributed by atoms with E-state index >= 15 is 4.39 Å². The molecule has 5 nitrogen and oxygen atoms in total. The molecule has 0 radical (unpaired) electrons. The van der Waals surface area contributed by atoms with Gasteiger partial charge in [0.15, 0.2) is 0 Å². The van der Waals surface area contributed by atoms with Gasteiger partial charge in [-0.25, -0.2) is 4.39 Å². The third-order valence-electron chi connectivity index (χ3n) is 6.26. The van der Waals surface area contributed by atoms with E-state index in [0.29, 0.717) is 15.9 Å². The zero-order valence-electron chi connectivity index (χ0n) is 16.3. The molecule has 0 spiro atoms. The third kappa shape index (κ3) is 2.65. The second kappa shape index (κ2) is 6.54. The van der Waals surface area contributed by atoms with E-state index < -0.39 is 11.2 Å². The Balaban J connectivity index is 1.62. The van der Waals surface area contributed by atoms with Crippen molar-refractivity contribution in [3.8, 4) is 11.1 Å². The van der Waals surface area contributed by atoms with Crippen molar-refractivity contribution >= 4 is 38.3 Å². The molecule has 2 fully saturated rings. The van der Waals surface area contributed by atoms with Crippen molar-refractivity contribution in [3.63, 3.8) is 0 Å². The number of rotatable bonds is 3. The molecule has 1 saturated carbocycles. The van der Waals surface area contributed by atoms with Crippen LogP contribution in [0.3, 0.4) is 0 Å². The maximum atomic E-state index is 15.2. The number of H-pyrrole nitrogens is 1. The monoisotopic (exact) mass is 421 g/mol. The summed E-state index contributed by atoms with van der Waals surface area (Å²) in [5, 5.41) is 0.415. The van der Waals surface area contributed by atoms with E-state index in [0.717, 1.165) is 37.2 Å². The Bertz CT molecular complexity index is 1420. The van der Waals surface area contributed by atoms with Gasteiger partial charge in [-0.1, -0.05) is 12.1 Å². The van der Waals surface area contributed by atoms with Crippen molar-refractivity contribution in [2.45, 2.75) is 31.7 Å². The van der Waals surface area contributed by atoms with Gasteiger partial charge in [0.1, 0.15) is 16.0 Å². The summed E-state index contributed by atoms with van der Waals surface area (Å²) in [6, 6.07) is 11.3. The van der Waals surface area contributed by atoms with Crippen LogP contribution in [-0.4, -0.2) is 22.0 Å². The van der Waals surface area contributed by atoms with E-state index in [9.17, 15) is 9.59 Å². The lowest BCUT2D eigenvalue weighted by Crippen LogP contribution is -2.17. The summed E-state index contributed by atoms with van der Waals surface area (Å²) in [5.41, 5.74) is 2.31. The topological polar surface area (TPSA) is 58.1 Å². The van der Waals surface area contributed by atoms with Gasteiger partial charge < -0.3 is 9.47 Å². The number of nitrogens with one attached hydrogen (secondary N) is 1. The fourth-order valence-corrected chi connectivity index (χ4v) is 5.54. The largest absolute Gasteiger partial charge is 0.372 e. The van der Waals surface area contributed by atoms with Crippen LogP contribution in [0.25, 0.3) is 32.2 Å². The number of fused-ring (bicyclic) bond motifs is 2. The number of halogens is 1. The fourth-order valence-electron chi connectivity index (χ4n) is 4.61. The zero-order valence-corrected chi connectivity index (χ0v) is 17.1. The van der Waals surface area contributed by atoms with E-state index in [4.69, 9.17) is 0 Å². The van der Waals surface area contributed by atoms with Gasteiger partial charge in [0.2, 0.25) is 5.43 Å². The molecular weight excluding hydrogens is 401 g/mol. The SMILES string of the molecule is O=c1[nH]sc2c1c(=O)c1cc(F)c(-c3cccc(N4CCCC4)c3)cc1n2C1CC1. The van der Waals surface area contributed by atoms with Crippen LogP contribution in [-0.2, 0) is 0 Å². The minimum Gasteiger partial charge on any atom is -0.372 e. The van der Waals surface area contributed by atoms with Gasteiger partial charge in [0.25, 0.3) is 5.56 Å². The van der Waals surface area contributed by atoms with Gasteiger partial charge >= 0.3 is 0 Å². The number of aromatic nitrogens is 2. The Kier molecular flexibility index (Phi) is 3.90. The number of aromatic amines is 1. The van der Waals surface area contributed by atoms with Crippen LogP contribution < -0.4 is 15.9 Å². The Labute approximate surface area is 175 Å². The van der Waals surface area contributed by atoms with Gasteiger partial charge in [-0.3, -0.25) is 14.0 Å². The molecule has 6 rings (SSSR count). The molecule has 1 saturated heterocycles. The molecule has 1 aliphatic carbocycles. The minimum atomic E-state index is -0.438. The van der Waals surface area contributed by atoms with Crippen molar-refractivity contribution in [3.05, 3.63) is 62.8 Å². The molecule has 30 heavy (non-hydrogen) atoms. The predicted octanol–water partition coefficient (Wildman–Crippen LogP) is 4.65. The summed E-state index contributed by atoms with van der Waals surface area (Å²) in [4.78, 5) is 28.2. The standard InChI is InChI=1S/C23H20FN3O2S/c24-18-11-17-19(27(14-6-7-14)23-20(21(17)28)22(29)25-30-23)12-16(18)13-4-3-5-15(10-13)26-8-1-2-9-26/h3-5,10-12,14H,1-2,6-9H2,(H,25,29). The van der Waals surface area contributed by atoms with Crippen LogP contribution in [0.1, 0.15) is 31.7 Å². The van der Waals surface area contributed by atoms with Crippen LogP contribution >= 0.6 is 11.5 Å². The molecule has 0 atom stereocenters. The van der Waals surface area contributed by atoms with Crippen LogP contribution in [0.4, 0.5) is 10.1 Å². The number of benzene rings is 2. The van der Waals surface area contributed by atoms with Gasteiger partial charge in [0.05, 0.1) is 5.52 Å². The Hall–Kier alpha value is -2.93. The lowest BCUT2D eigenvalue weighted by atomic mass is 10.0.